The molecule has 0 saturated carbocycles. The van der Waals surface area contributed by atoms with Gasteiger partial charge in [0.2, 0.25) is 0 Å². The van der Waals surface area contributed by atoms with E-state index in [1.807, 2.05) is 6.07 Å². The lowest BCUT2D eigenvalue weighted by Gasteiger charge is -2.22. The minimum absolute atomic E-state index is 0.640. The molecule has 0 fully saturated rings. The van der Waals surface area contributed by atoms with Gasteiger partial charge in [0.25, 0.3) is 0 Å². The Morgan fingerprint density at radius 3 is 1.72 bits per heavy atom. The summed E-state index contributed by atoms with van der Waals surface area (Å²) in [6, 6.07) is 65.4. The number of hydrogen-bond donors (Lipinski definition) is 0. The van der Waals surface area contributed by atoms with Crippen LogP contribution in [0.4, 0.5) is 0 Å². The van der Waals surface area contributed by atoms with Crippen molar-refractivity contribution in [1.29, 1.82) is 5.26 Å². The third kappa shape index (κ3) is 4.32. The van der Waals surface area contributed by atoms with E-state index in [-0.39, 0.29) is 0 Å². The first kappa shape index (κ1) is 29.8. The Labute approximate surface area is 309 Å². The number of nitriles is 1. The Bertz CT molecular complexity index is 3250. The fourth-order valence-electron chi connectivity index (χ4n) is 8.50. The molecular formula is C49H29N3S. The number of benzene rings is 8. The zero-order valence-corrected chi connectivity index (χ0v) is 29.3. The van der Waals surface area contributed by atoms with Gasteiger partial charge in [-0.05, 0) is 53.6 Å². The average molecular weight is 692 g/mol. The maximum atomic E-state index is 11.0. The highest BCUT2D eigenvalue weighted by Crippen LogP contribution is 2.47. The molecule has 4 heteroatoms. The number of aromatic nitrogens is 2. The molecule has 3 aromatic heterocycles. The summed E-state index contributed by atoms with van der Waals surface area (Å²) in [5.74, 6) is 0. The maximum Gasteiger partial charge on any atom is 0.0999 e. The molecule has 0 spiro atoms. The summed E-state index contributed by atoms with van der Waals surface area (Å²) in [7, 11) is 0. The van der Waals surface area contributed by atoms with Crippen molar-refractivity contribution in [3.05, 3.63) is 181 Å². The first-order chi connectivity index (χ1) is 26.3. The summed E-state index contributed by atoms with van der Waals surface area (Å²) in [5.41, 5.74) is 11.4. The molecule has 0 bridgehead atoms. The van der Waals surface area contributed by atoms with E-state index < -0.39 is 0 Å². The fraction of sp³-hybridized carbons (Fsp3) is 0. The van der Waals surface area contributed by atoms with Crippen molar-refractivity contribution in [1.82, 2.24) is 9.13 Å². The van der Waals surface area contributed by atoms with Crippen LogP contribution in [0.25, 0.3) is 97.4 Å². The van der Waals surface area contributed by atoms with Crippen LogP contribution >= 0.6 is 11.3 Å². The molecule has 0 aliphatic rings. The smallest absolute Gasteiger partial charge is 0.0999 e. The molecule has 3 nitrogen and oxygen atoms in total. The van der Waals surface area contributed by atoms with E-state index in [2.05, 4.69) is 185 Å². The van der Waals surface area contributed by atoms with Crippen molar-refractivity contribution < 1.29 is 0 Å². The lowest BCUT2D eigenvalue weighted by molar-refractivity contribution is 1.10. The topological polar surface area (TPSA) is 33.6 Å². The van der Waals surface area contributed by atoms with Crippen molar-refractivity contribution in [3.63, 3.8) is 0 Å². The molecule has 11 aromatic rings. The number of nitrogens with zero attached hydrogens (tertiary/aromatic N) is 3. The minimum atomic E-state index is 0.640. The van der Waals surface area contributed by atoms with E-state index >= 15 is 0 Å². The van der Waals surface area contributed by atoms with E-state index in [1.165, 1.54) is 47.3 Å². The summed E-state index contributed by atoms with van der Waals surface area (Å²) in [6.45, 7) is 0. The van der Waals surface area contributed by atoms with Gasteiger partial charge in [0, 0.05) is 52.8 Å². The van der Waals surface area contributed by atoms with Gasteiger partial charge in [0.15, 0.2) is 0 Å². The van der Waals surface area contributed by atoms with Crippen molar-refractivity contribution >= 4 is 75.1 Å². The molecule has 53 heavy (non-hydrogen) atoms. The first-order valence-electron chi connectivity index (χ1n) is 17.8. The molecule has 0 atom stereocenters. The van der Waals surface area contributed by atoms with Gasteiger partial charge >= 0.3 is 0 Å². The summed E-state index contributed by atoms with van der Waals surface area (Å²) in [4.78, 5) is 0. The highest BCUT2D eigenvalue weighted by atomic mass is 32.1. The number of thiophene rings is 1. The van der Waals surface area contributed by atoms with E-state index in [4.69, 9.17) is 0 Å². The van der Waals surface area contributed by atoms with Crippen molar-refractivity contribution in [2.45, 2.75) is 0 Å². The molecule has 11 rings (SSSR count). The van der Waals surface area contributed by atoms with Crippen molar-refractivity contribution in [3.8, 4) is 39.7 Å². The highest BCUT2D eigenvalue weighted by molar-refractivity contribution is 7.26. The molecule has 0 aliphatic carbocycles. The maximum absolute atomic E-state index is 11.0. The molecule has 3 heterocycles. The summed E-state index contributed by atoms with van der Waals surface area (Å²) in [5, 5.41) is 18.2. The van der Waals surface area contributed by atoms with Gasteiger partial charge in [-0.3, -0.25) is 0 Å². The van der Waals surface area contributed by atoms with Gasteiger partial charge in [0.05, 0.1) is 45.1 Å². The van der Waals surface area contributed by atoms with Crippen LogP contribution in [0, 0.1) is 11.3 Å². The average Bonchev–Trinajstić information content (AvgIpc) is 3.88. The van der Waals surface area contributed by atoms with Gasteiger partial charge in [-0.2, -0.15) is 5.26 Å². The number of rotatable bonds is 4. The zero-order chi connectivity index (χ0) is 35.0. The van der Waals surface area contributed by atoms with E-state index in [0.717, 1.165) is 50.1 Å². The third-order valence-electron chi connectivity index (χ3n) is 10.8. The van der Waals surface area contributed by atoms with Gasteiger partial charge in [0.1, 0.15) is 0 Å². The largest absolute Gasteiger partial charge is 0.307 e. The van der Waals surface area contributed by atoms with Crippen LogP contribution in [0.5, 0.6) is 0 Å². The molecule has 8 aromatic carbocycles. The molecule has 246 valence electrons. The lowest BCUT2D eigenvalue weighted by Crippen LogP contribution is -2.07. The van der Waals surface area contributed by atoms with Crippen molar-refractivity contribution in [2.24, 2.45) is 0 Å². The van der Waals surface area contributed by atoms with Gasteiger partial charge < -0.3 is 9.13 Å². The van der Waals surface area contributed by atoms with E-state index in [1.54, 1.807) is 11.3 Å². The molecule has 0 unspecified atom stereocenters. The Morgan fingerprint density at radius 1 is 0.434 bits per heavy atom. The normalized spacial score (nSPS) is 11.8. The Balaban J connectivity index is 1.36. The SMILES string of the molecule is N#Cc1ccc(-n2c3ccccc3c3ccc(-c4ccccc4)cc32)c(-n2c3ccccc3c3ccccc32)c1-c1cccc2c1sc1ccccc12. The zero-order valence-electron chi connectivity index (χ0n) is 28.5. The quantitative estimate of drug-likeness (QED) is 0.181. The van der Waals surface area contributed by atoms with Gasteiger partial charge in [-0.1, -0.05) is 133 Å². The van der Waals surface area contributed by atoms with E-state index in [0.29, 0.717) is 5.56 Å². The van der Waals surface area contributed by atoms with Gasteiger partial charge in [-0.15, -0.1) is 11.3 Å². The van der Waals surface area contributed by atoms with E-state index in [9.17, 15) is 5.26 Å². The molecule has 0 saturated heterocycles. The molecule has 0 N–H and O–H groups in total. The summed E-state index contributed by atoms with van der Waals surface area (Å²) in [6.07, 6.45) is 0. The molecular weight excluding hydrogens is 663 g/mol. The lowest BCUT2D eigenvalue weighted by atomic mass is 9.95. The standard InChI is InChI=1S/C49H29N3S/c50-30-33-26-28-44(51-41-21-8-4-17-36(41)37-27-25-32(29-45(37)51)31-13-2-1-3-14-31)48(52-42-22-9-5-15-34(42)35-16-6-10-23-43(35)52)47(33)40-20-12-19-39-38-18-7-11-24-46(38)53-49(39)40/h1-29H. The Morgan fingerprint density at radius 2 is 1.02 bits per heavy atom. The summed E-state index contributed by atoms with van der Waals surface area (Å²) >= 11 is 1.80. The van der Waals surface area contributed by atoms with Crippen LogP contribution < -0.4 is 0 Å². The summed E-state index contributed by atoms with van der Waals surface area (Å²) < 4.78 is 7.24. The number of fused-ring (bicyclic) bond motifs is 9. The van der Waals surface area contributed by atoms with Crippen LogP contribution in [0.3, 0.4) is 0 Å². The second-order valence-electron chi connectivity index (χ2n) is 13.6. The molecule has 0 aliphatic heterocycles. The van der Waals surface area contributed by atoms with Crippen LogP contribution in [-0.2, 0) is 0 Å². The van der Waals surface area contributed by atoms with Crippen molar-refractivity contribution in [2.75, 3.05) is 0 Å². The van der Waals surface area contributed by atoms with Crippen LogP contribution in [-0.4, -0.2) is 9.13 Å². The Hall–Kier alpha value is -6.93. The highest BCUT2D eigenvalue weighted by Gasteiger charge is 2.26. The molecule has 0 radical (unpaired) electrons. The number of hydrogen-bond acceptors (Lipinski definition) is 2. The molecule has 0 amide bonds. The predicted octanol–water partition coefficient (Wildman–Crippen LogP) is 13.5. The predicted molar refractivity (Wildman–Crippen MR) is 224 cm³/mol. The van der Waals surface area contributed by atoms with Crippen LogP contribution in [0.15, 0.2) is 176 Å². The number of para-hydroxylation sites is 3. The Kier molecular flexibility index (Phi) is 6.48. The fourth-order valence-corrected chi connectivity index (χ4v) is 9.72. The second kappa shape index (κ2) is 11.5. The minimum Gasteiger partial charge on any atom is -0.307 e. The first-order valence-corrected chi connectivity index (χ1v) is 18.7. The second-order valence-corrected chi connectivity index (χ2v) is 14.6. The van der Waals surface area contributed by atoms with Crippen LogP contribution in [0.2, 0.25) is 0 Å². The monoisotopic (exact) mass is 691 g/mol. The third-order valence-corrected chi connectivity index (χ3v) is 12.0. The van der Waals surface area contributed by atoms with Crippen LogP contribution in [0.1, 0.15) is 5.56 Å². The van der Waals surface area contributed by atoms with Gasteiger partial charge in [-0.25, -0.2) is 0 Å².